The molecule has 0 spiro atoms. The molecule has 0 nitrogen and oxygen atoms in total. The standard InChI is InChI=1S/C15H22S/c1-16-12-15-9-7-14(8-10-15)11-13-5-3-2-4-6-13/h2-6,14-15H,7-12H2,1H3. The molecule has 0 bridgehead atoms. The Hall–Kier alpha value is -0.430. The fraction of sp³-hybridized carbons (Fsp3) is 0.600. The molecule has 0 saturated heterocycles. The zero-order valence-corrected chi connectivity index (χ0v) is 11.0. The first-order valence-electron chi connectivity index (χ1n) is 6.41. The first-order valence-corrected chi connectivity index (χ1v) is 7.80. The molecule has 2 rings (SSSR count). The van der Waals surface area contributed by atoms with Gasteiger partial charge in [-0.25, -0.2) is 0 Å². The topological polar surface area (TPSA) is 0 Å². The Morgan fingerprint density at radius 3 is 2.25 bits per heavy atom. The maximum Gasteiger partial charge on any atom is -0.00419 e. The lowest BCUT2D eigenvalue weighted by Gasteiger charge is -2.28. The molecule has 0 amide bonds. The van der Waals surface area contributed by atoms with Gasteiger partial charge in [-0.15, -0.1) is 0 Å². The van der Waals surface area contributed by atoms with Gasteiger partial charge in [0.05, 0.1) is 0 Å². The number of hydrogen-bond acceptors (Lipinski definition) is 1. The van der Waals surface area contributed by atoms with Crippen molar-refractivity contribution in [3.05, 3.63) is 35.9 Å². The summed E-state index contributed by atoms with van der Waals surface area (Å²) in [5.41, 5.74) is 1.52. The molecule has 1 fully saturated rings. The Bertz CT molecular complexity index is 286. The molecule has 0 aliphatic heterocycles. The van der Waals surface area contributed by atoms with Crippen LogP contribution in [0.5, 0.6) is 0 Å². The fourth-order valence-electron chi connectivity index (χ4n) is 2.79. The number of benzene rings is 1. The van der Waals surface area contributed by atoms with Gasteiger partial charge in [0.25, 0.3) is 0 Å². The smallest absolute Gasteiger partial charge is 0.00419 e. The van der Waals surface area contributed by atoms with Crippen molar-refractivity contribution in [1.82, 2.24) is 0 Å². The van der Waals surface area contributed by atoms with E-state index in [2.05, 4.69) is 36.6 Å². The summed E-state index contributed by atoms with van der Waals surface area (Å²) in [6.07, 6.45) is 9.33. The average Bonchev–Trinajstić information content (AvgIpc) is 2.33. The summed E-state index contributed by atoms with van der Waals surface area (Å²) in [6, 6.07) is 11.0. The molecule has 1 aliphatic carbocycles. The molecule has 0 unspecified atom stereocenters. The van der Waals surface area contributed by atoms with Gasteiger partial charge in [-0.3, -0.25) is 0 Å². The molecule has 0 aromatic heterocycles. The van der Waals surface area contributed by atoms with Crippen LogP contribution >= 0.6 is 11.8 Å². The third kappa shape index (κ3) is 3.55. The average molecular weight is 234 g/mol. The highest BCUT2D eigenvalue weighted by Crippen LogP contribution is 2.32. The van der Waals surface area contributed by atoms with Crippen molar-refractivity contribution in [3.63, 3.8) is 0 Å². The molecule has 0 radical (unpaired) electrons. The van der Waals surface area contributed by atoms with E-state index in [1.54, 1.807) is 0 Å². The van der Waals surface area contributed by atoms with Crippen molar-refractivity contribution in [1.29, 1.82) is 0 Å². The minimum absolute atomic E-state index is 0.945. The molecule has 16 heavy (non-hydrogen) atoms. The van der Waals surface area contributed by atoms with E-state index < -0.39 is 0 Å². The van der Waals surface area contributed by atoms with E-state index in [0.29, 0.717) is 0 Å². The van der Waals surface area contributed by atoms with Crippen LogP contribution in [-0.4, -0.2) is 12.0 Å². The van der Waals surface area contributed by atoms with Gasteiger partial charge in [0.2, 0.25) is 0 Å². The second-order valence-corrected chi connectivity index (χ2v) is 5.94. The minimum atomic E-state index is 0.945. The Kier molecular flexibility index (Phi) is 4.77. The molecule has 0 atom stereocenters. The lowest BCUT2D eigenvalue weighted by Crippen LogP contribution is -2.17. The first-order chi connectivity index (χ1) is 7.88. The van der Waals surface area contributed by atoms with Gasteiger partial charge < -0.3 is 0 Å². The molecule has 0 N–H and O–H groups in total. The Balaban J connectivity index is 1.77. The third-order valence-corrected chi connectivity index (χ3v) is 4.54. The molecule has 1 aromatic carbocycles. The van der Waals surface area contributed by atoms with Crippen LogP contribution in [0.25, 0.3) is 0 Å². The van der Waals surface area contributed by atoms with Crippen LogP contribution in [0, 0.1) is 11.8 Å². The zero-order valence-electron chi connectivity index (χ0n) is 10.2. The zero-order chi connectivity index (χ0) is 11.2. The van der Waals surface area contributed by atoms with E-state index in [1.807, 2.05) is 11.8 Å². The highest BCUT2D eigenvalue weighted by Gasteiger charge is 2.20. The summed E-state index contributed by atoms with van der Waals surface area (Å²) in [6.45, 7) is 0. The quantitative estimate of drug-likeness (QED) is 0.744. The second-order valence-electron chi connectivity index (χ2n) is 5.03. The first kappa shape index (κ1) is 12.0. The summed E-state index contributed by atoms with van der Waals surface area (Å²) in [5.74, 6) is 3.32. The highest BCUT2D eigenvalue weighted by molar-refractivity contribution is 7.98. The Labute approximate surface area is 104 Å². The van der Waals surface area contributed by atoms with Crippen LogP contribution in [0.3, 0.4) is 0 Å². The van der Waals surface area contributed by atoms with E-state index in [-0.39, 0.29) is 0 Å². The second kappa shape index (κ2) is 6.34. The van der Waals surface area contributed by atoms with Crippen LogP contribution in [0.15, 0.2) is 30.3 Å². The summed E-state index contributed by atoms with van der Waals surface area (Å²) < 4.78 is 0. The Morgan fingerprint density at radius 2 is 1.62 bits per heavy atom. The van der Waals surface area contributed by atoms with Gasteiger partial charge >= 0.3 is 0 Å². The predicted molar refractivity (Wildman–Crippen MR) is 74.0 cm³/mol. The van der Waals surface area contributed by atoms with E-state index in [1.165, 1.54) is 43.4 Å². The van der Waals surface area contributed by atoms with Gasteiger partial charge in [-0.05, 0) is 61.5 Å². The third-order valence-electron chi connectivity index (χ3n) is 3.74. The summed E-state index contributed by atoms with van der Waals surface area (Å²) in [5, 5.41) is 0. The lowest BCUT2D eigenvalue weighted by atomic mass is 9.80. The van der Waals surface area contributed by atoms with Crippen LogP contribution < -0.4 is 0 Å². The molecule has 1 aliphatic rings. The summed E-state index contributed by atoms with van der Waals surface area (Å²) in [7, 11) is 0. The Morgan fingerprint density at radius 1 is 1.00 bits per heavy atom. The van der Waals surface area contributed by atoms with Crippen molar-refractivity contribution in [2.75, 3.05) is 12.0 Å². The molecule has 0 heterocycles. The monoisotopic (exact) mass is 234 g/mol. The van der Waals surface area contributed by atoms with Gasteiger partial charge in [0.15, 0.2) is 0 Å². The van der Waals surface area contributed by atoms with Gasteiger partial charge in [0, 0.05) is 0 Å². The van der Waals surface area contributed by atoms with E-state index in [4.69, 9.17) is 0 Å². The van der Waals surface area contributed by atoms with Crippen molar-refractivity contribution in [3.8, 4) is 0 Å². The molecule has 1 heteroatoms. The van der Waals surface area contributed by atoms with E-state index in [0.717, 1.165) is 11.8 Å². The van der Waals surface area contributed by atoms with Crippen LogP contribution in [0.2, 0.25) is 0 Å². The normalized spacial score (nSPS) is 25.6. The molecule has 1 aromatic rings. The van der Waals surface area contributed by atoms with E-state index >= 15 is 0 Å². The maximum absolute atomic E-state index is 2.27. The predicted octanol–water partition coefficient (Wildman–Crippen LogP) is 4.40. The van der Waals surface area contributed by atoms with Crippen LogP contribution in [0.1, 0.15) is 31.2 Å². The number of hydrogen-bond donors (Lipinski definition) is 0. The molecular formula is C15H22S. The summed E-state index contributed by atoms with van der Waals surface area (Å²) >= 11 is 2.01. The minimum Gasteiger partial charge on any atom is -0.165 e. The molecular weight excluding hydrogens is 212 g/mol. The SMILES string of the molecule is CSCC1CCC(Cc2ccccc2)CC1. The highest BCUT2D eigenvalue weighted by atomic mass is 32.2. The largest absolute Gasteiger partial charge is 0.165 e. The maximum atomic E-state index is 2.27. The van der Waals surface area contributed by atoms with Crippen molar-refractivity contribution < 1.29 is 0 Å². The van der Waals surface area contributed by atoms with Gasteiger partial charge in [-0.2, -0.15) is 11.8 Å². The van der Waals surface area contributed by atoms with Crippen LogP contribution in [0.4, 0.5) is 0 Å². The van der Waals surface area contributed by atoms with E-state index in [9.17, 15) is 0 Å². The van der Waals surface area contributed by atoms with Gasteiger partial charge in [-0.1, -0.05) is 30.3 Å². The van der Waals surface area contributed by atoms with Crippen molar-refractivity contribution in [2.45, 2.75) is 32.1 Å². The summed E-state index contributed by atoms with van der Waals surface area (Å²) in [4.78, 5) is 0. The molecule has 88 valence electrons. The number of thioether (sulfide) groups is 1. The lowest BCUT2D eigenvalue weighted by molar-refractivity contribution is 0.292. The number of rotatable bonds is 4. The molecule has 1 saturated carbocycles. The van der Waals surface area contributed by atoms with Gasteiger partial charge in [0.1, 0.15) is 0 Å². The van der Waals surface area contributed by atoms with Crippen LogP contribution in [-0.2, 0) is 6.42 Å². The van der Waals surface area contributed by atoms with Crippen molar-refractivity contribution in [2.24, 2.45) is 11.8 Å². The fourth-order valence-corrected chi connectivity index (χ4v) is 3.59. The van der Waals surface area contributed by atoms with Crippen molar-refractivity contribution >= 4 is 11.8 Å².